The number of carbonyl (C=O) groups is 3. The fourth-order valence-corrected chi connectivity index (χ4v) is 4.69. The van der Waals surface area contributed by atoms with Crippen LogP contribution < -0.4 is 26.0 Å². The van der Waals surface area contributed by atoms with Crippen molar-refractivity contribution >= 4 is 28.5 Å². The van der Waals surface area contributed by atoms with Gasteiger partial charge in [-0.2, -0.15) is 0 Å². The van der Waals surface area contributed by atoms with Gasteiger partial charge in [-0.3, -0.25) is 14.4 Å². The maximum atomic E-state index is 12.6. The van der Waals surface area contributed by atoms with Gasteiger partial charge in [-0.25, -0.2) is 0 Å². The Kier molecular flexibility index (Phi) is 18.0. The second-order valence-electron chi connectivity index (χ2n) is 11.1. The minimum absolute atomic E-state index is 0.101. The summed E-state index contributed by atoms with van der Waals surface area (Å²) >= 11 is 0. The Labute approximate surface area is 270 Å². The maximum absolute atomic E-state index is 12.6. The molecular formula is C37H54N4O4. The first-order valence-corrected chi connectivity index (χ1v) is 16.6. The summed E-state index contributed by atoms with van der Waals surface area (Å²) in [7, 11) is 0. The topological polar surface area (TPSA) is 109 Å². The normalized spacial score (nSPS) is 17.7. The van der Waals surface area contributed by atoms with Gasteiger partial charge < -0.3 is 26.0 Å². The molecule has 8 nitrogen and oxygen atoms in total. The maximum Gasteiger partial charge on any atom is 0.242 e. The summed E-state index contributed by atoms with van der Waals surface area (Å²) in [5.74, 6) is 0.531. The SMILES string of the molecule is CC.CCC.Cc1cccc2ccccc12.O=C1CNCCOc2ccccc2CCCNC(=O)C(CC2CC2)NC(=O)CN1. The minimum atomic E-state index is -0.556. The van der Waals surface area contributed by atoms with Gasteiger partial charge in [0.15, 0.2) is 0 Å². The van der Waals surface area contributed by atoms with Crippen molar-refractivity contribution < 1.29 is 19.1 Å². The minimum Gasteiger partial charge on any atom is -0.492 e. The fraction of sp³-hybridized carbons (Fsp3) is 0.486. The summed E-state index contributed by atoms with van der Waals surface area (Å²) < 4.78 is 5.83. The van der Waals surface area contributed by atoms with Gasteiger partial charge in [0.1, 0.15) is 18.4 Å². The number of rotatable bonds is 2. The molecule has 246 valence electrons. The number of aryl methyl sites for hydroxylation is 2. The first-order valence-electron chi connectivity index (χ1n) is 16.6. The zero-order valence-corrected chi connectivity index (χ0v) is 27.9. The molecule has 3 aromatic rings. The number of nitrogens with one attached hydrogen (secondary N) is 4. The number of carbonyl (C=O) groups excluding carboxylic acids is 3. The Morgan fingerprint density at radius 1 is 0.800 bits per heavy atom. The van der Waals surface area contributed by atoms with E-state index >= 15 is 0 Å². The van der Waals surface area contributed by atoms with Crippen molar-refractivity contribution in [3.63, 3.8) is 0 Å². The number of fused-ring (bicyclic) bond motifs is 2. The number of para-hydroxylation sites is 1. The zero-order valence-electron chi connectivity index (χ0n) is 27.9. The fourth-order valence-electron chi connectivity index (χ4n) is 4.69. The molecule has 3 amide bonds. The molecule has 1 fully saturated rings. The average molecular weight is 619 g/mol. The molecule has 2 aliphatic rings. The Bertz CT molecular complexity index is 1300. The lowest BCUT2D eigenvalue weighted by atomic mass is 10.1. The highest BCUT2D eigenvalue weighted by atomic mass is 16.5. The Balaban J connectivity index is 0.000000362. The molecule has 3 aromatic carbocycles. The molecule has 0 aromatic heterocycles. The second-order valence-corrected chi connectivity index (χ2v) is 11.1. The zero-order chi connectivity index (χ0) is 32.9. The van der Waals surface area contributed by atoms with Crippen LogP contribution in [0.25, 0.3) is 10.8 Å². The van der Waals surface area contributed by atoms with Crippen LogP contribution in [0.5, 0.6) is 5.75 Å². The highest BCUT2D eigenvalue weighted by Gasteiger charge is 2.30. The van der Waals surface area contributed by atoms with E-state index in [2.05, 4.69) is 84.5 Å². The van der Waals surface area contributed by atoms with Gasteiger partial charge in [-0.15, -0.1) is 0 Å². The molecule has 0 saturated heterocycles. The standard InChI is InChI=1S/C21H30N4O4.C11H10.C3H8.C2H6/c26-19-13-22-10-11-29-18-6-2-1-4-16(18)5-3-9-23-21(28)17(12-15-7-8-15)25-20(27)14-24-19;1-9-5-4-7-10-6-2-3-8-11(9)10;1-3-2;1-2/h1-2,4,6,15,17,22H,3,5,7-14H2,(H,23,28)(H,24,26)(H,25,27);2-8H,1H3;3H2,1-2H3;1-2H3. The lowest BCUT2D eigenvalue weighted by Gasteiger charge is -2.19. The summed E-state index contributed by atoms with van der Waals surface area (Å²) in [6.07, 6.45) is 5.65. The van der Waals surface area contributed by atoms with Crippen LogP contribution in [0.4, 0.5) is 0 Å². The molecule has 1 atom stereocenters. The van der Waals surface area contributed by atoms with Gasteiger partial charge in [0, 0.05) is 13.1 Å². The van der Waals surface area contributed by atoms with E-state index in [0.717, 1.165) is 37.0 Å². The van der Waals surface area contributed by atoms with Crippen LogP contribution in [-0.4, -0.2) is 56.5 Å². The molecule has 1 unspecified atom stereocenters. The molecule has 5 rings (SSSR count). The molecule has 1 saturated carbocycles. The van der Waals surface area contributed by atoms with Crippen LogP contribution in [-0.2, 0) is 20.8 Å². The molecule has 0 bridgehead atoms. The molecule has 0 spiro atoms. The first-order chi connectivity index (χ1) is 21.9. The van der Waals surface area contributed by atoms with Gasteiger partial charge in [0.25, 0.3) is 0 Å². The van der Waals surface area contributed by atoms with Gasteiger partial charge >= 0.3 is 0 Å². The van der Waals surface area contributed by atoms with E-state index in [9.17, 15) is 14.4 Å². The Morgan fingerprint density at radius 3 is 2.22 bits per heavy atom. The quantitative estimate of drug-likeness (QED) is 0.294. The highest BCUT2D eigenvalue weighted by molar-refractivity contribution is 5.90. The number of hydrogen-bond acceptors (Lipinski definition) is 5. The number of hydrogen-bond donors (Lipinski definition) is 4. The molecule has 4 N–H and O–H groups in total. The highest BCUT2D eigenvalue weighted by Crippen LogP contribution is 2.33. The third-order valence-electron chi connectivity index (χ3n) is 7.09. The molecule has 0 radical (unpaired) electrons. The summed E-state index contributed by atoms with van der Waals surface area (Å²) in [6.45, 7) is 11.8. The molecule has 1 heterocycles. The summed E-state index contributed by atoms with van der Waals surface area (Å²) in [5, 5.41) is 14.0. The van der Waals surface area contributed by atoms with E-state index in [1.807, 2.05) is 38.1 Å². The predicted molar refractivity (Wildman–Crippen MR) is 184 cm³/mol. The number of ether oxygens (including phenoxy) is 1. The lowest BCUT2D eigenvalue weighted by Crippen LogP contribution is -2.50. The number of benzene rings is 3. The van der Waals surface area contributed by atoms with Crippen LogP contribution in [0, 0.1) is 12.8 Å². The van der Waals surface area contributed by atoms with Crippen molar-refractivity contribution in [3.8, 4) is 5.75 Å². The van der Waals surface area contributed by atoms with E-state index in [4.69, 9.17) is 4.74 Å². The van der Waals surface area contributed by atoms with E-state index < -0.39 is 6.04 Å². The average Bonchev–Trinajstić information content (AvgIpc) is 3.88. The molecule has 1 aliphatic heterocycles. The van der Waals surface area contributed by atoms with Crippen molar-refractivity contribution in [2.24, 2.45) is 5.92 Å². The van der Waals surface area contributed by atoms with Crippen molar-refractivity contribution in [3.05, 3.63) is 77.9 Å². The third kappa shape index (κ3) is 14.6. The van der Waals surface area contributed by atoms with Crippen molar-refractivity contribution in [2.45, 2.75) is 79.2 Å². The van der Waals surface area contributed by atoms with Gasteiger partial charge in [0.05, 0.1) is 13.1 Å². The summed E-state index contributed by atoms with van der Waals surface area (Å²) in [4.78, 5) is 36.6. The lowest BCUT2D eigenvalue weighted by molar-refractivity contribution is -0.129. The van der Waals surface area contributed by atoms with Crippen LogP contribution in [0.3, 0.4) is 0 Å². The largest absolute Gasteiger partial charge is 0.492 e. The van der Waals surface area contributed by atoms with Crippen LogP contribution in [0.15, 0.2) is 66.7 Å². The third-order valence-corrected chi connectivity index (χ3v) is 7.09. The monoisotopic (exact) mass is 618 g/mol. The van der Waals surface area contributed by atoms with E-state index in [0.29, 0.717) is 32.0 Å². The predicted octanol–water partition coefficient (Wildman–Crippen LogP) is 5.71. The van der Waals surface area contributed by atoms with E-state index in [1.165, 1.54) is 22.8 Å². The van der Waals surface area contributed by atoms with E-state index in [1.54, 1.807) is 0 Å². The van der Waals surface area contributed by atoms with Gasteiger partial charge in [-0.05, 0) is 60.1 Å². The van der Waals surface area contributed by atoms with Crippen LogP contribution >= 0.6 is 0 Å². The Hall–Kier alpha value is -3.91. The van der Waals surface area contributed by atoms with Crippen molar-refractivity contribution in [1.82, 2.24) is 21.3 Å². The molecule has 1 aliphatic carbocycles. The van der Waals surface area contributed by atoms with Crippen molar-refractivity contribution in [2.75, 3.05) is 32.8 Å². The first kappa shape index (κ1) is 37.3. The smallest absolute Gasteiger partial charge is 0.242 e. The molecule has 8 heteroatoms. The summed E-state index contributed by atoms with van der Waals surface area (Å²) in [5.41, 5.74) is 2.44. The second kappa shape index (κ2) is 21.7. The van der Waals surface area contributed by atoms with Crippen molar-refractivity contribution in [1.29, 1.82) is 0 Å². The van der Waals surface area contributed by atoms with Crippen LogP contribution in [0.2, 0.25) is 0 Å². The summed E-state index contributed by atoms with van der Waals surface area (Å²) in [6, 6.07) is 22.1. The molecule has 45 heavy (non-hydrogen) atoms. The Morgan fingerprint density at radius 2 is 1.49 bits per heavy atom. The molecular weight excluding hydrogens is 564 g/mol. The van der Waals surface area contributed by atoms with Crippen LogP contribution in [0.1, 0.15) is 70.9 Å². The van der Waals surface area contributed by atoms with E-state index in [-0.39, 0.29) is 30.8 Å². The number of amides is 3. The van der Waals surface area contributed by atoms with Gasteiger partial charge in [-0.1, -0.05) is 108 Å². The van der Waals surface area contributed by atoms with Gasteiger partial charge in [0.2, 0.25) is 17.7 Å².